The molecule has 6 nitrogen and oxygen atoms in total. The number of hydrogen-bond acceptors (Lipinski definition) is 6. The lowest BCUT2D eigenvalue weighted by molar-refractivity contribution is -0.105. The SMILES string of the molecule is O=C1SC=C2Cn3nc(NCc4ccccc4)nc3N=C12. The number of benzene rings is 1. The number of fused-ring (bicyclic) bond motifs is 2. The number of rotatable bonds is 3. The highest BCUT2D eigenvalue weighted by Gasteiger charge is 2.29. The highest BCUT2D eigenvalue weighted by Crippen LogP contribution is 2.30. The Balaban J connectivity index is 1.55. The molecule has 0 saturated carbocycles. The van der Waals surface area contributed by atoms with Crippen molar-refractivity contribution < 1.29 is 4.79 Å². The number of allylic oxidation sites excluding steroid dienone is 1. The van der Waals surface area contributed by atoms with Gasteiger partial charge in [0.2, 0.25) is 11.1 Å². The van der Waals surface area contributed by atoms with E-state index in [9.17, 15) is 4.79 Å². The van der Waals surface area contributed by atoms with Crippen LogP contribution in [0, 0.1) is 0 Å². The Bertz CT molecular complexity index is 778. The van der Waals surface area contributed by atoms with E-state index < -0.39 is 0 Å². The van der Waals surface area contributed by atoms with Crippen molar-refractivity contribution in [2.75, 3.05) is 5.32 Å². The van der Waals surface area contributed by atoms with Gasteiger partial charge in [0.15, 0.2) is 0 Å². The van der Waals surface area contributed by atoms with E-state index in [1.807, 2.05) is 35.7 Å². The Morgan fingerprint density at radius 2 is 2.14 bits per heavy atom. The molecule has 2 aliphatic rings. The predicted octanol–water partition coefficient (Wildman–Crippen LogP) is 2.13. The summed E-state index contributed by atoms with van der Waals surface area (Å²) in [7, 11) is 0. The smallest absolute Gasteiger partial charge is 0.250 e. The molecule has 0 spiro atoms. The van der Waals surface area contributed by atoms with Gasteiger partial charge in [0.1, 0.15) is 5.71 Å². The highest BCUT2D eigenvalue weighted by atomic mass is 32.2. The number of nitrogens with zero attached hydrogens (tertiary/aromatic N) is 4. The van der Waals surface area contributed by atoms with Crippen molar-refractivity contribution in [1.82, 2.24) is 14.8 Å². The molecule has 1 aromatic carbocycles. The van der Waals surface area contributed by atoms with Crippen molar-refractivity contribution in [3.8, 4) is 0 Å². The molecule has 1 N–H and O–H groups in total. The van der Waals surface area contributed by atoms with Crippen LogP contribution in [0.25, 0.3) is 0 Å². The topological polar surface area (TPSA) is 72.2 Å². The number of hydrogen-bond donors (Lipinski definition) is 1. The van der Waals surface area contributed by atoms with E-state index >= 15 is 0 Å². The van der Waals surface area contributed by atoms with Gasteiger partial charge in [0.05, 0.1) is 6.54 Å². The Morgan fingerprint density at radius 1 is 1.29 bits per heavy atom. The zero-order valence-corrected chi connectivity index (χ0v) is 11.8. The first-order chi connectivity index (χ1) is 10.3. The summed E-state index contributed by atoms with van der Waals surface area (Å²) in [5.41, 5.74) is 2.58. The fraction of sp³-hybridized carbons (Fsp3) is 0.143. The van der Waals surface area contributed by atoms with Gasteiger partial charge in [-0.05, 0) is 11.0 Å². The highest BCUT2D eigenvalue weighted by molar-refractivity contribution is 8.18. The molecule has 0 amide bonds. The number of aliphatic imine (C=N–C) groups is 1. The van der Waals surface area contributed by atoms with Crippen molar-refractivity contribution in [3.05, 3.63) is 46.9 Å². The molecule has 0 radical (unpaired) electrons. The van der Waals surface area contributed by atoms with E-state index in [1.165, 1.54) is 11.8 Å². The fourth-order valence-electron chi connectivity index (χ4n) is 2.23. The largest absolute Gasteiger partial charge is 0.349 e. The van der Waals surface area contributed by atoms with E-state index in [0.29, 0.717) is 30.7 Å². The van der Waals surface area contributed by atoms with Crippen LogP contribution in [-0.2, 0) is 17.9 Å². The van der Waals surface area contributed by atoms with Gasteiger partial charge in [0, 0.05) is 12.1 Å². The quantitative estimate of drug-likeness (QED) is 0.939. The second-order valence-corrected chi connectivity index (χ2v) is 5.58. The summed E-state index contributed by atoms with van der Waals surface area (Å²) in [5.74, 6) is 1.01. The maximum atomic E-state index is 11.6. The van der Waals surface area contributed by atoms with Gasteiger partial charge >= 0.3 is 0 Å². The second kappa shape index (κ2) is 4.85. The van der Waals surface area contributed by atoms with Gasteiger partial charge in [-0.2, -0.15) is 4.98 Å². The Kier molecular flexibility index (Phi) is 2.85. The Labute approximate surface area is 125 Å². The summed E-state index contributed by atoms with van der Waals surface area (Å²) in [6, 6.07) is 10.0. The van der Waals surface area contributed by atoms with Crippen LogP contribution in [0.5, 0.6) is 0 Å². The van der Waals surface area contributed by atoms with Gasteiger partial charge < -0.3 is 5.32 Å². The lowest BCUT2D eigenvalue weighted by Crippen LogP contribution is -2.17. The van der Waals surface area contributed by atoms with E-state index in [1.54, 1.807) is 4.68 Å². The molecule has 0 aliphatic carbocycles. The Morgan fingerprint density at radius 3 is 3.00 bits per heavy atom. The molecule has 0 atom stereocenters. The molecule has 2 aromatic rings. The van der Waals surface area contributed by atoms with Gasteiger partial charge in [0.25, 0.3) is 5.95 Å². The summed E-state index contributed by atoms with van der Waals surface area (Å²) in [6.07, 6.45) is 0. The van der Waals surface area contributed by atoms with Crippen LogP contribution in [0.4, 0.5) is 11.9 Å². The van der Waals surface area contributed by atoms with E-state index in [2.05, 4.69) is 20.4 Å². The first-order valence-corrected chi connectivity index (χ1v) is 7.39. The third kappa shape index (κ3) is 2.25. The minimum atomic E-state index is -0.0157. The maximum Gasteiger partial charge on any atom is 0.250 e. The van der Waals surface area contributed by atoms with Crippen molar-refractivity contribution >= 4 is 34.5 Å². The number of nitrogens with one attached hydrogen (secondary N) is 1. The van der Waals surface area contributed by atoms with Crippen LogP contribution in [0.1, 0.15) is 5.56 Å². The summed E-state index contributed by atoms with van der Waals surface area (Å²) < 4.78 is 1.71. The van der Waals surface area contributed by atoms with E-state index in [-0.39, 0.29) is 5.12 Å². The van der Waals surface area contributed by atoms with Crippen molar-refractivity contribution in [1.29, 1.82) is 0 Å². The first-order valence-electron chi connectivity index (χ1n) is 6.51. The molecular weight excluding hydrogens is 286 g/mol. The summed E-state index contributed by atoms with van der Waals surface area (Å²) in [4.78, 5) is 20.3. The molecule has 1 aromatic heterocycles. The molecule has 21 heavy (non-hydrogen) atoms. The van der Waals surface area contributed by atoms with Crippen LogP contribution >= 0.6 is 11.8 Å². The standard InChI is InChI=1S/C14H11N5OS/c20-12-11-10(8-21-12)7-19-14(16-11)17-13(18-19)15-6-9-4-2-1-3-5-9/h1-5,8H,6-7H2,(H,15,18). The van der Waals surface area contributed by atoms with Crippen LogP contribution < -0.4 is 5.32 Å². The third-order valence-electron chi connectivity index (χ3n) is 3.28. The molecule has 0 unspecified atom stereocenters. The number of carbonyl (C=O) groups excluding carboxylic acids is 1. The van der Waals surface area contributed by atoms with Gasteiger partial charge in [-0.1, -0.05) is 42.1 Å². The lowest BCUT2D eigenvalue weighted by atomic mass is 10.2. The number of thioether (sulfide) groups is 1. The average molecular weight is 297 g/mol. The Hall–Kier alpha value is -2.41. The van der Waals surface area contributed by atoms with Gasteiger partial charge in [-0.3, -0.25) is 4.79 Å². The average Bonchev–Trinajstić information content (AvgIpc) is 3.07. The third-order valence-corrected chi connectivity index (χ3v) is 4.09. The van der Waals surface area contributed by atoms with Crippen LogP contribution in [0.15, 0.2) is 46.3 Å². The molecule has 7 heteroatoms. The van der Waals surface area contributed by atoms with Gasteiger partial charge in [-0.25, -0.2) is 9.67 Å². The van der Waals surface area contributed by atoms with Gasteiger partial charge in [-0.15, -0.1) is 5.10 Å². The van der Waals surface area contributed by atoms with Crippen LogP contribution in [-0.4, -0.2) is 25.6 Å². The minimum Gasteiger partial charge on any atom is -0.349 e. The zero-order chi connectivity index (χ0) is 14.2. The number of carbonyl (C=O) groups is 1. The molecular formula is C14H11N5OS. The van der Waals surface area contributed by atoms with Crippen LogP contribution in [0.3, 0.4) is 0 Å². The summed E-state index contributed by atoms with van der Waals surface area (Å²) >= 11 is 1.17. The molecule has 0 saturated heterocycles. The monoisotopic (exact) mass is 297 g/mol. The lowest BCUT2D eigenvalue weighted by Gasteiger charge is -2.09. The normalized spacial score (nSPS) is 16.1. The maximum absolute atomic E-state index is 11.6. The molecule has 0 bridgehead atoms. The molecule has 104 valence electrons. The fourth-order valence-corrected chi connectivity index (χ4v) is 2.96. The molecule has 3 heterocycles. The van der Waals surface area contributed by atoms with Crippen molar-refractivity contribution in [3.63, 3.8) is 0 Å². The summed E-state index contributed by atoms with van der Waals surface area (Å²) in [6.45, 7) is 1.20. The van der Waals surface area contributed by atoms with Crippen molar-refractivity contribution in [2.45, 2.75) is 13.1 Å². The summed E-state index contributed by atoms with van der Waals surface area (Å²) in [5, 5.41) is 9.37. The molecule has 0 fully saturated rings. The van der Waals surface area contributed by atoms with Crippen LogP contribution in [0.2, 0.25) is 0 Å². The first kappa shape index (κ1) is 12.3. The molecule has 4 rings (SSSR count). The molecule has 2 aliphatic heterocycles. The van der Waals surface area contributed by atoms with E-state index in [4.69, 9.17) is 0 Å². The number of anilines is 1. The van der Waals surface area contributed by atoms with Crippen molar-refractivity contribution in [2.24, 2.45) is 4.99 Å². The zero-order valence-electron chi connectivity index (χ0n) is 11.0. The van der Waals surface area contributed by atoms with E-state index in [0.717, 1.165) is 11.1 Å². The minimum absolute atomic E-state index is 0.0157. The second-order valence-electron chi connectivity index (χ2n) is 4.74. The number of aromatic nitrogens is 3. The predicted molar refractivity (Wildman–Crippen MR) is 81.6 cm³/mol.